The lowest BCUT2D eigenvalue weighted by molar-refractivity contribution is 0.667. The van der Waals surface area contributed by atoms with Crippen LogP contribution in [0.25, 0.3) is 27.6 Å². The molecule has 0 aliphatic heterocycles. The Labute approximate surface area is 133 Å². The highest BCUT2D eigenvalue weighted by Gasteiger charge is 2.07. The highest BCUT2D eigenvalue weighted by Crippen LogP contribution is 2.30. The SMILES string of the molecule is C=Cc1c(CCCCCC)ccc2c1ccc1ccccc12. The van der Waals surface area contributed by atoms with Crippen molar-refractivity contribution in [2.45, 2.75) is 39.0 Å². The number of hydrogen-bond donors (Lipinski definition) is 0. The third-order valence-electron chi connectivity index (χ3n) is 4.56. The Bertz CT molecular complexity index is 796. The maximum atomic E-state index is 4.07. The highest BCUT2D eigenvalue weighted by atomic mass is 14.1. The first-order valence-electron chi connectivity index (χ1n) is 8.41. The van der Waals surface area contributed by atoms with E-state index < -0.39 is 0 Å². The standard InChI is InChI=1S/C22H24/c1-3-5-6-7-10-17-13-16-22-20-12-9-8-11-18(20)14-15-21(22)19(17)4-2/h4,8-9,11-16H,2-3,5-7,10H2,1H3. The van der Waals surface area contributed by atoms with E-state index in [0.29, 0.717) is 0 Å². The summed E-state index contributed by atoms with van der Waals surface area (Å²) < 4.78 is 0. The van der Waals surface area contributed by atoms with Gasteiger partial charge in [-0.3, -0.25) is 0 Å². The van der Waals surface area contributed by atoms with Crippen LogP contribution >= 0.6 is 0 Å². The largest absolute Gasteiger partial charge is 0.0984 e. The lowest BCUT2D eigenvalue weighted by atomic mass is 9.92. The van der Waals surface area contributed by atoms with E-state index in [-0.39, 0.29) is 0 Å². The molecule has 0 spiro atoms. The van der Waals surface area contributed by atoms with Crippen molar-refractivity contribution < 1.29 is 0 Å². The average Bonchev–Trinajstić information content (AvgIpc) is 2.58. The zero-order chi connectivity index (χ0) is 15.4. The molecule has 0 saturated carbocycles. The molecule has 3 aromatic carbocycles. The molecule has 0 atom stereocenters. The zero-order valence-electron chi connectivity index (χ0n) is 13.4. The Morgan fingerprint density at radius 2 is 1.64 bits per heavy atom. The number of aryl methyl sites for hydroxylation is 1. The third-order valence-corrected chi connectivity index (χ3v) is 4.56. The summed E-state index contributed by atoms with van der Waals surface area (Å²) in [6.07, 6.45) is 8.41. The number of fused-ring (bicyclic) bond motifs is 3. The fourth-order valence-corrected chi connectivity index (χ4v) is 3.36. The van der Waals surface area contributed by atoms with Crippen LogP contribution in [0.3, 0.4) is 0 Å². The molecule has 22 heavy (non-hydrogen) atoms. The van der Waals surface area contributed by atoms with Crippen LogP contribution in [0.1, 0.15) is 43.7 Å². The first kappa shape index (κ1) is 14.8. The van der Waals surface area contributed by atoms with Gasteiger partial charge in [0.05, 0.1) is 0 Å². The maximum Gasteiger partial charge on any atom is -0.00992 e. The van der Waals surface area contributed by atoms with Gasteiger partial charge in [-0.15, -0.1) is 0 Å². The maximum absolute atomic E-state index is 4.07. The lowest BCUT2D eigenvalue weighted by Gasteiger charge is -2.12. The Morgan fingerprint density at radius 1 is 0.818 bits per heavy atom. The van der Waals surface area contributed by atoms with E-state index >= 15 is 0 Å². The minimum Gasteiger partial charge on any atom is -0.0984 e. The van der Waals surface area contributed by atoms with Crippen LogP contribution in [0.5, 0.6) is 0 Å². The molecular formula is C22H24. The van der Waals surface area contributed by atoms with E-state index in [1.165, 1.54) is 58.4 Å². The Kier molecular flexibility index (Phi) is 4.58. The van der Waals surface area contributed by atoms with Crippen molar-refractivity contribution in [2.75, 3.05) is 0 Å². The van der Waals surface area contributed by atoms with Crippen LogP contribution in [0.2, 0.25) is 0 Å². The molecule has 0 heterocycles. The molecule has 0 aliphatic carbocycles. The van der Waals surface area contributed by atoms with E-state index in [2.05, 4.69) is 62.0 Å². The van der Waals surface area contributed by atoms with E-state index in [9.17, 15) is 0 Å². The molecule has 0 nitrogen and oxygen atoms in total. The third kappa shape index (κ3) is 2.78. The molecule has 0 aromatic heterocycles. The van der Waals surface area contributed by atoms with Crippen LogP contribution in [-0.4, -0.2) is 0 Å². The fourth-order valence-electron chi connectivity index (χ4n) is 3.36. The minimum absolute atomic E-state index is 1.16. The second kappa shape index (κ2) is 6.79. The normalized spacial score (nSPS) is 11.1. The van der Waals surface area contributed by atoms with Crippen molar-refractivity contribution >= 4 is 27.6 Å². The van der Waals surface area contributed by atoms with Gasteiger partial charge in [0.15, 0.2) is 0 Å². The van der Waals surface area contributed by atoms with Gasteiger partial charge >= 0.3 is 0 Å². The molecule has 3 rings (SSSR count). The second-order valence-corrected chi connectivity index (χ2v) is 6.03. The van der Waals surface area contributed by atoms with Gasteiger partial charge in [-0.25, -0.2) is 0 Å². The van der Waals surface area contributed by atoms with Crippen molar-refractivity contribution in [1.29, 1.82) is 0 Å². The van der Waals surface area contributed by atoms with E-state index in [4.69, 9.17) is 0 Å². The molecule has 0 fully saturated rings. The minimum atomic E-state index is 1.16. The molecule has 3 aromatic rings. The molecule has 0 saturated heterocycles. The van der Waals surface area contributed by atoms with Crippen LogP contribution < -0.4 is 0 Å². The predicted molar refractivity (Wildman–Crippen MR) is 99.4 cm³/mol. The molecular weight excluding hydrogens is 264 g/mol. The second-order valence-electron chi connectivity index (χ2n) is 6.03. The zero-order valence-corrected chi connectivity index (χ0v) is 13.4. The monoisotopic (exact) mass is 288 g/mol. The summed E-state index contributed by atoms with van der Waals surface area (Å²) in [6.45, 7) is 6.33. The van der Waals surface area contributed by atoms with E-state index in [1.807, 2.05) is 6.08 Å². The van der Waals surface area contributed by atoms with Gasteiger partial charge in [0.2, 0.25) is 0 Å². The first-order valence-corrected chi connectivity index (χ1v) is 8.41. The highest BCUT2D eigenvalue weighted by molar-refractivity contribution is 6.10. The molecule has 0 N–H and O–H groups in total. The average molecular weight is 288 g/mol. The lowest BCUT2D eigenvalue weighted by Crippen LogP contribution is -1.92. The van der Waals surface area contributed by atoms with Crippen LogP contribution in [-0.2, 0) is 6.42 Å². The topological polar surface area (TPSA) is 0 Å². The van der Waals surface area contributed by atoms with Gasteiger partial charge in [0, 0.05) is 0 Å². The Balaban J connectivity index is 2.05. The predicted octanol–water partition coefficient (Wildman–Crippen LogP) is 6.76. The molecule has 0 unspecified atom stereocenters. The molecule has 0 aliphatic rings. The van der Waals surface area contributed by atoms with Gasteiger partial charge in [-0.1, -0.05) is 87.4 Å². The number of benzene rings is 3. The van der Waals surface area contributed by atoms with Gasteiger partial charge in [-0.05, 0) is 45.5 Å². The van der Waals surface area contributed by atoms with Crippen molar-refractivity contribution in [2.24, 2.45) is 0 Å². The Morgan fingerprint density at radius 3 is 2.45 bits per heavy atom. The van der Waals surface area contributed by atoms with Gasteiger partial charge in [0.1, 0.15) is 0 Å². The van der Waals surface area contributed by atoms with Crippen LogP contribution in [0.4, 0.5) is 0 Å². The quantitative estimate of drug-likeness (QED) is 0.347. The summed E-state index contributed by atoms with van der Waals surface area (Å²) >= 11 is 0. The van der Waals surface area contributed by atoms with Gasteiger partial charge < -0.3 is 0 Å². The van der Waals surface area contributed by atoms with E-state index in [1.54, 1.807) is 0 Å². The van der Waals surface area contributed by atoms with Crippen LogP contribution in [0, 0.1) is 0 Å². The number of hydrogen-bond acceptors (Lipinski definition) is 0. The number of unbranched alkanes of at least 4 members (excludes halogenated alkanes) is 3. The van der Waals surface area contributed by atoms with E-state index in [0.717, 1.165) is 6.42 Å². The van der Waals surface area contributed by atoms with Gasteiger partial charge in [0.25, 0.3) is 0 Å². The summed E-state index contributed by atoms with van der Waals surface area (Å²) in [5.41, 5.74) is 2.76. The van der Waals surface area contributed by atoms with Crippen molar-refractivity contribution in [3.63, 3.8) is 0 Å². The summed E-state index contributed by atoms with van der Waals surface area (Å²) in [6, 6.07) is 17.7. The summed E-state index contributed by atoms with van der Waals surface area (Å²) in [5, 5.41) is 5.31. The van der Waals surface area contributed by atoms with Crippen molar-refractivity contribution in [3.05, 3.63) is 66.2 Å². The molecule has 0 heteroatoms. The molecule has 0 amide bonds. The Hall–Kier alpha value is -2.08. The summed E-state index contributed by atoms with van der Waals surface area (Å²) in [5.74, 6) is 0. The van der Waals surface area contributed by atoms with Crippen molar-refractivity contribution in [1.82, 2.24) is 0 Å². The smallest absolute Gasteiger partial charge is 0.00992 e. The number of rotatable bonds is 6. The molecule has 112 valence electrons. The van der Waals surface area contributed by atoms with Gasteiger partial charge in [-0.2, -0.15) is 0 Å². The summed E-state index contributed by atoms with van der Waals surface area (Å²) in [4.78, 5) is 0. The molecule has 0 bridgehead atoms. The first-order chi connectivity index (χ1) is 10.8. The van der Waals surface area contributed by atoms with Crippen molar-refractivity contribution in [3.8, 4) is 0 Å². The fraction of sp³-hybridized carbons (Fsp3) is 0.273. The summed E-state index contributed by atoms with van der Waals surface area (Å²) in [7, 11) is 0. The van der Waals surface area contributed by atoms with Crippen LogP contribution in [0.15, 0.2) is 55.1 Å². The molecule has 0 radical (unpaired) electrons.